The van der Waals surface area contributed by atoms with Crippen LogP contribution in [0.15, 0.2) is 17.4 Å². The molecule has 3 aromatic heterocycles. The van der Waals surface area contributed by atoms with Crippen LogP contribution in [-0.2, 0) is 36.6 Å². The van der Waals surface area contributed by atoms with Gasteiger partial charge in [0.25, 0.3) is 0 Å². The fraction of sp³-hybridized carbons (Fsp3) is 0.707. The smallest absolute Gasteiger partial charge is 0.247 e. The zero-order valence-corrected chi connectivity index (χ0v) is 38.8. The molecule has 2 fully saturated rings. The number of ether oxygens (including phenoxy) is 3. The van der Waals surface area contributed by atoms with Crippen molar-refractivity contribution in [2.45, 2.75) is 77.3 Å². The number of aromatic nitrogens is 9. The highest BCUT2D eigenvalue weighted by molar-refractivity contribution is 5.85. The molecule has 2 atom stereocenters. The summed E-state index contributed by atoms with van der Waals surface area (Å²) in [6.07, 6.45) is 15.5. The van der Waals surface area contributed by atoms with Gasteiger partial charge in [0.1, 0.15) is 18.7 Å². The number of nitrogens with two attached hydrogens (primary N) is 3. The second kappa shape index (κ2) is 28.5. The molecule has 23 nitrogen and oxygen atoms in total. The average Bonchev–Trinajstić information content (AvgIpc) is 4.00. The molecule has 2 aliphatic rings. The van der Waals surface area contributed by atoms with Gasteiger partial charge in [-0.25, -0.2) is 9.36 Å². The van der Waals surface area contributed by atoms with Crippen molar-refractivity contribution in [2.24, 2.45) is 22.2 Å². The summed E-state index contributed by atoms with van der Waals surface area (Å²) in [7, 11) is 0. The minimum Gasteiger partial charge on any atom is -0.377 e. The number of halogens is 1. The number of carbonyl (C=O) groups is 2. The number of carbonyl (C=O) groups excluding carboxylic acids is 2. The van der Waals surface area contributed by atoms with E-state index >= 15 is 0 Å². The number of anilines is 3. The summed E-state index contributed by atoms with van der Waals surface area (Å²) in [5, 5.41) is 20.5. The topological polar surface area (TPSA) is 277 Å². The summed E-state index contributed by atoms with van der Waals surface area (Å²) in [6.45, 7) is 11.9. The van der Waals surface area contributed by atoms with Crippen LogP contribution in [-0.4, -0.2) is 184 Å². The third-order valence-corrected chi connectivity index (χ3v) is 10.9. The number of nitrogens with one attached hydrogen (secondary N) is 1. The van der Waals surface area contributed by atoms with E-state index in [4.69, 9.17) is 52.8 Å². The SMILES string of the molecule is C#CCOCCOCCOCCNc1nc(N2CCN(C(=O)[C@H](C)n3cc(CCCN=C(N)N)nn3)CC2)nc(N2CCN(C(=O)[C@H](CCCCN)n3cc(CCCC)nn3)CC2)n1.Cl. The van der Waals surface area contributed by atoms with E-state index in [-0.39, 0.29) is 36.8 Å². The molecule has 2 amide bonds. The number of nitrogens with zero attached hydrogens (tertiary/aromatic N) is 14. The van der Waals surface area contributed by atoms with Crippen LogP contribution in [0.5, 0.6) is 0 Å². The first kappa shape index (κ1) is 52.2. The van der Waals surface area contributed by atoms with Crippen LogP contribution >= 0.6 is 12.4 Å². The van der Waals surface area contributed by atoms with Crippen LogP contribution < -0.4 is 32.3 Å². The Morgan fingerprint density at radius 1 is 0.785 bits per heavy atom. The molecule has 0 radical (unpaired) electrons. The molecule has 65 heavy (non-hydrogen) atoms. The number of aliphatic imine (C=N–C) groups is 1. The maximum atomic E-state index is 14.1. The highest BCUT2D eigenvalue weighted by Crippen LogP contribution is 2.23. The molecule has 5 heterocycles. The fourth-order valence-corrected chi connectivity index (χ4v) is 7.24. The Hall–Kier alpha value is -5.41. The van der Waals surface area contributed by atoms with Gasteiger partial charge in [0.15, 0.2) is 5.96 Å². The zero-order chi connectivity index (χ0) is 45.5. The number of hydrogen-bond acceptors (Lipinski definition) is 17. The lowest BCUT2D eigenvalue weighted by Crippen LogP contribution is -2.52. The van der Waals surface area contributed by atoms with Crippen molar-refractivity contribution in [3.8, 4) is 12.3 Å². The first-order valence-corrected chi connectivity index (χ1v) is 22.5. The molecule has 7 N–H and O–H groups in total. The largest absolute Gasteiger partial charge is 0.377 e. The summed E-state index contributed by atoms with van der Waals surface area (Å²) in [4.78, 5) is 54.2. The molecule has 3 aromatic rings. The van der Waals surface area contributed by atoms with Gasteiger partial charge in [0, 0.05) is 77.8 Å². The highest BCUT2D eigenvalue weighted by Gasteiger charge is 2.32. The number of guanidine groups is 1. The van der Waals surface area contributed by atoms with E-state index in [0.29, 0.717) is 142 Å². The predicted octanol–water partition coefficient (Wildman–Crippen LogP) is 0.0486. The summed E-state index contributed by atoms with van der Waals surface area (Å²) in [6, 6.07) is -0.977. The number of amides is 2. The molecule has 2 aliphatic heterocycles. The summed E-state index contributed by atoms with van der Waals surface area (Å²) in [5.74, 6) is 3.86. The van der Waals surface area contributed by atoms with Crippen molar-refractivity contribution in [3.63, 3.8) is 0 Å². The molecule has 5 rings (SSSR count). The lowest BCUT2D eigenvalue weighted by molar-refractivity contribution is -0.136. The van der Waals surface area contributed by atoms with Crippen LogP contribution in [0.3, 0.4) is 0 Å². The zero-order valence-electron chi connectivity index (χ0n) is 38.0. The van der Waals surface area contributed by atoms with Gasteiger partial charge < -0.3 is 56.3 Å². The molecule has 0 unspecified atom stereocenters. The van der Waals surface area contributed by atoms with E-state index < -0.39 is 12.1 Å². The number of hydrogen-bond donors (Lipinski definition) is 4. The van der Waals surface area contributed by atoms with Crippen molar-refractivity contribution < 1.29 is 23.8 Å². The first-order chi connectivity index (χ1) is 31.2. The Morgan fingerprint density at radius 3 is 1.95 bits per heavy atom. The van der Waals surface area contributed by atoms with Crippen LogP contribution in [0.25, 0.3) is 0 Å². The van der Waals surface area contributed by atoms with Crippen LogP contribution in [0.1, 0.15) is 75.8 Å². The summed E-state index contributed by atoms with van der Waals surface area (Å²) in [5.41, 5.74) is 18.3. The fourth-order valence-electron chi connectivity index (χ4n) is 7.24. The van der Waals surface area contributed by atoms with Crippen molar-refractivity contribution >= 4 is 48.0 Å². The maximum Gasteiger partial charge on any atom is 0.247 e. The Balaban J connectivity index is 0.00000925. The van der Waals surface area contributed by atoms with Crippen LogP contribution in [0.4, 0.5) is 17.8 Å². The third-order valence-electron chi connectivity index (χ3n) is 10.9. The molecular formula is C41H69ClN18O5. The Labute approximate surface area is 388 Å². The molecule has 0 aromatic carbocycles. The van der Waals surface area contributed by atoms with Gasteiger partial charge in [0.05, 0.1) is 44.4 Å². The molecule has 0 aliphatic carbocycles. The average molecular weight is 930 g/mol. The summed E-state index contributed by atoms with van der Waals surface area (Å²) < 4.78 is 19.8. The second-order valence-corrected chi connectivity index (χ2v) is 15.7. The van der Waals surface area contributed by atoms with E-state index in [1.807, 2.05) is 22.9 Å². The van der Waals surface area contributed by atoms with Crippen LogP contribution in [0, 0.1) is 12.3 Å². The number of terminal acetylenes is 1. The standard InChI is InChI=1S/C41H68N18O5.ClH/c1-4-6-10-33-31-59(53-51-33)35(12-7-8-13-42)37(61)55-18-22-57(23-19-55)41-48-39(46-15-25-63-27-29-64-28-26-62-24-5-2)47-40(49-41)56-20-16-54(17-21-56)36(60)32(3)58-30-34(50-52-58)11-9-14-45-38(43)44;/h2,30-32,35H,4,6-29,42H2,1,3H3,(H4,43,44,45)(H,46,47,48,49);1H/t32-,35-;/m0./s1. The molecule has 0 saturated carbocycles. The third kappa shape index (κ3) is 16.8. The number of rotatable bonds is 28. The molecule has 0 bridgehead atoms. The Morgan fingerprint density at radius 2 is 1.35 bits per heavy atom. The van der Waals surface area contributed by atoms with Gasteiger partial charge >= 0.3 is 0 Å². The number of unbranched alkanes of at least 4 members (excludes halogenated alkanes) is 2. The van der Waals surface area contributed by atoms with Crippen molar-refractivity contribution in [1.29, 1.82) is 0 Å². The maximum absolute atomic E-state index is 14.1. The quantitative estimate of drug-likeness (QED) is 0.0324. The molecule has 24 heteroatoms. The molecule has 0 spiro atoms. The van der Waals surface area contributed by atoms with Gasteiger partial charge in [-0.3, -0.25) is 14.6 Å². The van der Waals surface area contributed by atoms with Gasteiger partial charge in [-0.2, -0.15) is 15.0 Å². The normalized spacial score (nSPS) is 15.0. The van der Waals surface area contributed by atoms with Crippen molar-refractivity contribution in [2.75, 3.05) is 127 Å². The predicted molar refractivity (Wildman–Crippen MR) is 249 cm³/mol. The molecular weight excluding hydrogens is 860 g/mol. The second-order valence-electron chi connectivity index (χ2n) is 15.7. The van der Waals surface area contributed by atoms with Gasteiger partial charge in [-0.05, 0) is 58.4 Å². The number of piperazine rings is 2. The van der Waals surface area contributed by atoms with E-state index in [9.17, 15) is 9.59 Å². The van der Waals surface area contributed by atoms with E-state index in [1.54, 1.807) is 15.6 Å². The summed E-state index contributed by atoms with van der Waals surface area (Å²) >= 11 is 0. The van der Waals surface area contributed by atoms with Gasteiger partial charge in [0.2, 0.25) is 29.7 Å². The lowest BCUT2D eigenvalue weighted by atomic mass is 10.1. The van der Waals surface area contributed by atoms with E-state index in [1.165, 1.54) is 0 Å². The number of aryl methyl sites for hydroxylation is 2. The van der Waals surface area contributed by atoms with Gasteiger partial charge in [-0.1, -0.05) is 29.7 Å². The molecule has 2 saturated heterocycles. The van der Waals surface area contributed by atoms with Crippen LogP contribution in [0.2, 0.25) is 0 Å². The van der Waals surface area contributed by atoms with Crippen molar-refractivity contribution in [3.05, 3.63) is 23.8 Å². The lowest BCUT2D eigenvalue weighted by Gasteiger charge is -2.37. The molecule has 360 valence electrons. The van der Waals surface area contributed by atoms with Gasteiger partial charge in [-0.15, -0.1) is 29.0 Å². The monoisotopic (exact) mass is 929 g/mol. The van der Waals surface area contributed by atoms with E-state index in [0.717, 1.165) is 43.5 Å². The Kier molecular flexibility index (Phi) is 22.9. The minimum absolute atomic E-state index is 0. The highest BCUT2D eigenvalue weighted by atomic mass is 35.5. The Bertz CT molecular complexity index is 1920. The first-order valence-electron chi connectivity index (χ1n) is 22.5. The van der Waals surface area contributed by atoms with E-state index in [2.05, 4.69) is 53.6 Å². The minimum atomic E-state index is -0.530. The van der Waals surface area contributed by atoms with Crippen molar-refractivity contribution in [1.82, 2.24) is 54.7 Å².